The average molecular weight is 480 g/mol. The van der Waals surface area contributed by atoms with Crippen molar-refractivity contribution in [1.82, 2.24) is 9.47 Å². The van der Waals surface area contributed by atoms with Gasteiger partial charge in [0.15, 0.2) is 5.88 Å². The van der Waals surface area contributed by atoms with Crippen LogP contribution in [0.2, 0.25) is 0 Å². The lowest BCUT2D eigenvalue weighted by Crippen LogP contribution is -2.47. The van der Waals surface area contributed by atoms with Crippen molar-refractivity contribution >= 4 is 16.5 Å². The van der Waals surface area contributed by atoms with Gasteiger partial charge in [0.1, 0.15) is 0 Å². The van der Waals surface area contributed by atoms with Crippen LogP contribution >= 0.6 is 0 Å². The van der Waals surface area contributed by atoms with Gasteiger partial charge in [0.05, 0.1) is 0 Å². The molecule has 36 heavy (non-hydrogen) atoms. The summed E-state index contributed by atoms with van der Waals surface area (Å²) in [6.45, 7) is 5.14. The van der Waals surface area contributed by atoms with Crippen LogP contribution in [-0.2, 0) is 0 Å². The van der Waals surface area contributed by atoms with Gasteiger partial charge in [0.2, 0.25) is 0 Å². The normalized spacial score (nSPS) is 17.8. The minimum Gasteiger partial charge on any atom is -0.494 e. The maximum absolute atomic E-state index is 11.1. The van der Waals surface area contributed by atoms with Crippen molar-refractivity contribution in [2.75, 3.05) is 37.6 Å². The number of aromatic hydroxyl groups is 1. The number of nitrogens with zero attached hydrogens (tertiary/aromatic N) is 3. The molecule has 6 rings (SSSR count). The van der Waals surface area contributed by atoms with Gasteiger partial charge in [-0.3, -0.25) is 4.90 Å². The topological polar surface area (TPSA) is 31.6 Å². The van der Waals surface area contributed by atoms with Crippen LogP contribution in [0, 0.1) is 0 Å². The molecule has 4 aromatic rings. The van der Waals surface area contributed by atoms with Crippen LogP contribution in [0.4, 0.5) is 5.69 Å². The molecule has 186 valence electrons. The predicted molar refractivity (Wildman–Crippen MR) is 149 cm³/mol. The fourth-order valence-electron chi connectivity index (χ4n) is 6.26. The minimum atomic E-state index is 0.381. The molecule has 0 spiro atoms. The Labute approximate surface area is 214 Å². The van der Waals surface area contributed by atoms with E-state index in [1.807, 2.05) is 0 Å². The number of anilines is 1. The summed E-state index contributed by atoms with van der Waals surface area (Å²) < 4.78 is 2.14. The number of aromatic nitrogens is 1. The summed E-state index contributed by atoms with van der Waals surface area (Å²) in [4.78, 5) is 5.09. The van der Waals surface area contributed by atoms with Crippen molar-refractivity contribution in [3.05, 3.63) is 96.2 Å². The summed E-state index contributed by atoms with van der Waals surface area (Å²) in [6, 6.07) is 28.9. The zero-order valence-electron chi connectivity index (χ0n) is 21.1. The van der Waals surface area contributed by atoms with Gasteiger partial charge < -0.3 is 14.6 Å². The van der Waals surface area contributed by atoms with Crippen LogP contribution in [0.5, 0.6) is 5.88 Å². The maximum atomic E-state index is 11.1. The minimum absolute atomic E-state index is 0.381. The molecule has 2 heterocycles. The highest BCUT2D eigenvalue weighted by Crippen LogP contribution is 2.38. The third-order valence-corrected chi connectivity index (χ3v) is 8.35. The van der Waals surface area contributed by atoms with Crippen LogP contribution in [0.25, 0.3) is 10.8 Å². The number of piperazine rings is 1. The molecule has 1 saturated heterocycles. The van der Waals surface area contributed by atoms with Gasteiger partial charge in [-0.1, -0.05) is 86.0 Å². The second kappa shape index (κ2) is 10.4. The average Bonchev–Trinajstić information content (AvgIpc) is 3.29. The molecule has 1 N–H and O–H groups in total. The molecule has 0 amide bonds. The maximum Gasteiger partial charge on any atom is 0.199 e. The summed E-state index contributed by atoms with van der Waals surface area (Å²) in [7, 11) is 0. The molecule has 4 heteroatoms. The third-order valence-electron chi connectivity index (χ3n) is 8.35. The molecule has 3 aromatic carbocycles. The van der Waals surface area contributed by atoms with Crippen molar-refractivity contribution in [3.63, 3.8) is 0 Å². The Kier molecular flexibility index (Phi) is 6.69. The molecular formula is C32H37N3O. The van der Waals surface area contributed by atoms with E-state index in [9.17, 15) is 5.11 Å². The summed E-state index contributed by atoms with van der Waals surface area (Å²) in [5, 5.41) is 13.2. The van der Waals surface area contributed by atoms with Gasteiger partial charge in [-0.15, -0.1) is 0 Å². The van der Waals surface area contributed by atoms with Crippen molar-refractivity contribution in [2.24, 2.45) is 0 Å². The van der Waals surface area contributed by atoms with E-state index in [0.29, 0.717) is 17.8 Å². The van der Waals surface area contributed by atoms with Gasteiger partial charge in [0.25, 0.3) is 0 Å². The SMILES string of the molecule is Oc1c2cc(N3CCN(CC(c4ccccc4)c4ccccc4)CC3)ccc2cn1C1CCCCC1. The Hall–Kier alpha value is -3.24. The van der Waals surface area contributed by atoms with Gasteiger partial charge >= 0.3 is 0 Å². The Bertz CT molecular complexity index is 1230. The quantitative estimate of drug-likeness (QED) is 0.330. The zero-order valence-corrected chi connectivity index (χ0v) is 21.1. The van der Waals surface area contributed by atoms with E-state index < -0.39 is 0 Å². The number of fused-ring (bicyclic) bond motifs is 1. The lowest BCUT2D eigenvalue weighted by molar-refractivity contribution is 0.250. The van der Waals surface area contributed by atoms with Crippen LogP contribution < -0.4 is 4.90 Å². The molecule has 1 aliphatic carbocycles. The highest BCUT2D eigenvalue weighted by atomic mass is 16.3. The number of benzene rings is 3. The molecule has 0 atom stereocenters. The van der Waals surface area contributed by atoms with Gasteiger partial charge in [-0.2, -0.15) is 0 Å². The summed E-state index contributed by atoms with van der Waals surface area (Å²) in [5.41, 5.74) is 3.99. The molecule has 1 aliphatic heterocycles. The van der Waals surface area contributed by atoms with Crippen molar-refractivity contribution in [2.45, 2.75) is 44.1 Å². The number of hydrogen-bond donors (Lipinski definition) is 1. The Morgan fingerprint density at radius 3 is 2.03 bits per heavy atom. The largest absolute Gasteiger partial charge is 0.494 e. The van der Waals surface area contributed by atoms with E-state index in [1.165, 1.54) is 48.9 Å². The zero-order chi connectivity index (χ0) is 24.3. The van der Waals surface area contributed by atoms with E-state index in [-0.39, 0.29) is 0 Å². The van der Waals surface area contributed by atoms with E-state index in [2.05, 4.69) is 99.4 Å². The molecular weight excluding hydrogens is 442 g/mol. The summed E-state index contributed by atoms with van der Waals surface area (Å²) in [6.07, 6.45) is 8.38. The van der Waals surface area contributed by atoms with Gasteiger partial charge in [-0.05, 0) is 36.1 Å². The lowest BCUT2D eigenvalue weighted by atomic mass is 9.90. The highest BCUT2D eigenvalue weighted by Gasteiger charge is 2.24. The van der Waals surface area contributed by atoms with Crippen molar-refractivity contribution < 1.29 is 5.11 Å². The fraction of sp³-hybridized carbons (Fsp3) is 0.375. The van der Waals surface area contributed by atoms with Crippen molar-refractivity contribution in [3.8, 4) is 5.88 Å². The van der Waals surface area contributed by atoms with Crippen molar-refractivity contribution in [1.29, 1.82) is 0 Å². The number of hydrogen-bond acceptors (Lipinski definition) is 3. The molecule has 4 nitrogen and oxygen atoms in total. The first-order valence-corrected chi connectivity index (χ1v) is 13.7. The molecule has 0 bridgehead atoms. The van der Waals surface area contributed by atoms with Gasteiger partial charge in [-0.25, -0.2) is 0 Å². The van der Waals surface area contributed by atoms with E-state index in [4.69, 9.17) is 0 Å². The number of rotatable bonds is 6. The predicted octanol–water partition coefficient (Wildman–Crippen LogP) is 6.81. The van der Waals surface area contributed by atoms with Gasteiger partial charge in [0, 0.05) is 67.3 Å². The van der Waals surface area contributed by atoms with Crippen LogP contribution in [-0.4, -0.2) is 47.3 Å². The molecule has 2 fully saturated rings. The first-order chi connectivity index (χ1) is 17.8. The Balaban J connectivity index is 1.15. The van der Waals surface area contributed by atoms with E-state index in [0.717, 1.165) is 43.5 Å². The standard InChI is InChI=1S/C32H37N3O/c36-32-30-22-29(17-16-27(30)23-35(32)28-14-8-3-9-15-28)34-20-18-33(19-21-34)24-31(25-10-4-1-5-11-25)26-12-6-2-7-13-26/h1-2,4-7,10-13,16-17,22-23,28,31,36H,3,8-9,14-15,18-21,24H2. The molecule has 1 aromatic heterocycles. The van der Waals surface area contributed by atoms with Crippen LogP contribution in [0.15, 0.2) is 85.1 Å². The third kappa shape index (κ3) is 4.75. The Morgan fingerprint density at radius 1 is 0.750 bits per heavy atom. The second-order valence-corrected chi connectivity index (χ2v) is 10.6. The summed E-state index contributed by atoms with van der Waals surface area (Å²) >= 11 is 0. The van der Waals surface area contributed by atoms with Crippen LogP contribution in [0.3, 0.4) is 0 Å². The van der Waals surface area contributed by atoms with E-state index >= 15 is 0 Å². The van der Waals surface area contributed by atoms with E-state index in [1.54, 1.807) is 0 Å². The monoisotopic (exact) mass is 479 g/mol. The highest BCUT2D eigenvalue weighted by molar-refractivity contribution is 5.91. The second-order valence-electron chi connectivity index (χ2n) is 10.6. The fourth-order valence-corrected chi connectivity index (χ4v) is 6.26. The summed E-state index contributed by atoms with van der Waals surface area (Å²) in [5.74, 6) is 0.831. The first kappa shape index (κ1) is 23.2. The molecule has 1 saturated carbocycles. The van der Waals surface area contributed by atoms with Crippen LogP contribution in [0.1, 0.15) is 55.2 Å². The molecule has 0 unspecified atom stereocenters. The Morgan fingerprint density at radius 2 is 1.39 bits per heavy atom. The molecule has 0 radical (unpaired) electrons. The first-order valence-electron chi connectivity index (χ1n) is 13.7. The smallest absolute Gasteiger partial charge is 0.199 e. The molecule has 2 aliphatic rings. The lowest BCUT2D eigenvalue weighted by Gasteiger charge is -2.38.